The Kier molecular flexibility index (Phi) is 4.57. The number of hydrogen-bond acceptors (Lipinski definition) is 3. The Morgan fingerprint density at radius 3 is 2.29 bits per heavy atom. The standard InChI is InChI=1S/C17H16N2O2/c1-19(12-14-5-9-16(21-2)10-6-14)17(20)15-7-3-13(11-18)4-8-15/h3-10H,12H2,1-2H3. The number of nitrogens with zero attached hydrogens (tertiary/aromatic N) is 2. The highest BCUT2D eigenvalue weighted by Crippen LogP contribution is 2.14. The third-order valence-electron chi connectivity index (χ3n) is 3.19. The Bertz CT molecular complexity index is 655. The third-order valence-corrected chi connectivity index (χ3v) is 3.19. The quantitative estimate of drug-likeness (QED) is 0.865. The van der Waals surface area contributed by atoms with Gasteiger partial charge in [0.25, 0.3) is 5.91 Å². The van der Waals surface area contributed by atoms with E-state index in [1.165, 1.54) is 0 Å². The van der Waals surface area contributed by atoms with Gasteiger partial charge in [0.2, 0.25) is 0 Å². The number of rotatable bonds is 4. The fraction of sp³-hybridized carbons (Fsp3) is 0.176. The van der Waals surface area contributed by atoms with Crippen molar-refractivity contribution in [2.45, 2.75) is 6.54 Å². The first-order chi connectivity index (χ1) is 10.1. The molecule has 0 unspecified atom stereocenters. The number of methoxy groups -OCH3 is 1. The molecule has 0 atom stereocenters. The summed E-state index contributed by atoms with van der Waals surface area (Å²) in [6, 6.07) is 16.3. The van der Waals surface area contributed by atoms with Crippen LogP contribution in [0.25, 0.3) is 0 Å². The molecule has 0 heterocycles. The lowest BCUT2D eigenvalue weighted by molar-refractivity contribution is 0.0785. The van der Waals surface area contributed by atoms with E-state index in [1.807, 2.05) is 30.3 Å². The highest BCUT2D eigenvalue weighted by atomic mass is 16.5. The molecule has 1 amide bonds. The Morgan fingerprint density at radius 2 is 1.76 bits per heavy atom. The third kappa shape index (κ3) is 3.61. The van der Waals surface area contributed by atoms with Crippen molar-refractivity contribution in [3.05, 3.63) is 65.2 Å². The normalized spacial score (nSPS) is 9.76. The van der Waals surface area contributed by atoms with Crippen LogP contribution in [-0.2, 0) is 6.54 Å². The van der Waals surface area contributed by atoms with Gasteiger partial charge >= 0.3 is 0 Å². The van der Waals surface area contributed by atoms with Crippen molar-refractivity contribution in [1.82, 2.24) is 4.90 Å². The van der Waals surface area contributed by atoms with Gasteiger partial charge in [-0.3, -0.25) is 4.79 Å². The van der Waals surface area contributed by atoms with Gasteiger partial charge < -0.3 is 9.64 Å². The van der Waals surface area contributed by atoms with Crippen LogP contribution in [0.3, 0.4) is 0 Å². The van der Waals surface area contributed by atoms with Crippen LogP contribution in [-0.4, -0.2) is 25.0 Å². The molecule has 0 radical (unpaired) electrons. The Morgan fingerprint density at radius 1 is 1.14 bits per heavy atom. The number of nitriles is 1. The number of amides is 1. The van der Waals surface area contributed by atoms with E-state index >= 15 is 0 Å². The van der Waals surface area contributed by atoms with Crippen LogP contribution in [0.5, 0.6) is 5.75 Å². The lowest BCUT2D eigenvalue weighted by Gasteiger charge is -2.17. The molecule has 2 aromatic rings. The lowest BCUT2D eigenvalue weighted by atomic mass is 10.1. The van der Waals surface area contributed by atoms with Gasteiger partial charge in [-0.2, -0.15) is 5.26 Å². The van der Waals surface area contributed by atoms with Crippen molar-refractivity contribution in [2.24, 2.45) is 0 Å². The summed E-state index contributed by atoms with van der Waals surface area (Å²) < 4.78 is 5.11. The summed E-state index contributed by atoms with van der Waals surface area (Å²) in [6.07, 6.45) is 0. The van der Waals surface area contributed by atoms with Crippen LogP contribution in [0.4, 0.5) is 0 Å². The molecule has 0 bridgehead atoms. The summed E-state index contributed by atoms with van der Waals surface area (Å²) in [6.45, 7) is 0.517. The number of benzene rings is 2. The second-order valence-electron chi connectivity index (χ2n) is 4.70. The SMILES string of the molecule is COc1ccc(CN(C)C(=O)c2ccc(C#N)cc2)cc1. The zero-order chi connectivity index (χ0) is 15.2. The van der Waals surface area contributed by atoms with E-state index in [0.717, 1.165) is 11.3 Å². The van der Waals surface area contributed by atoms with Crippen molar-refractivity contribution in [3.63, 3.8) is 0 Å². The van der Waals surface area contributed by atoms with E-state index in [-0.39, 0.29) is 5.91 Å². The summed E-state index contributed by atoms with van der Waals surface area (Å²) in [4.78, 5) is 13.9. The van der Waals surface area contributed by atoms with E-state index in [1.54, 1.807) is 43.3 Å². The van der Waals surface area contributed by atoms with E-state index < -0.39 is 0 Å². The topological polar surface area (TPSA) is 53.3 Å². The van der Waals surface area contributed by atoms with E-state index in [4.69, 9.17) is 10.00 Å². The van der Waals surface area contributed by atoms with Crippen molar-refractivity contribution in [3.8, 4) is 11.8 Å². The summed E-state index contributed by atoms with van der Waals surface area (Å²) in [5, 5.41) is 8.76. The molecule has 4 heteroatoms. The van der Waals surface area contributed by atoms with Gasteiger partial charge in [-0.05, 0) is 42.0 Å². The predicted molar refractivity (Wildman–Crippen MR) is 79.9 cm³/mol. The molecule has 0 aliphatic heterocycles. The highest BCUT2D eigenvalue weighted by Gasteiger charge is 2.12. The Balaban J connectivity index is 2.05. The average molecular weight is 280 g/mol. The minimum Gasteiger partial charge on any atom is -0.497 e. The smallest absolute Gasteiger partial charge is 0.253 e. The predicted octanol–water partition coefficient (Wildman–Crippen LogP) is 2.84. The number of carbonyl (C=O) groups excluding carboxylic acids is 1. The maximum absolute atomic E-state index is 12.3. The summed E-state index contributed by atoms with van der Waals surface area (Å²) in [5.41, 5.74) is 2.15. The molecule has 0 aliphatic rings. The van der Waals surface area contributed by atoms with Crippen LogP contribution in [0.1, 0.15) is 21.5 Å². The molecule has 4 nitrogen and oxygen atoms in total. The molecule has 106 valence electrons. The summed E-state index contributed by atoms with van der Waals surface area (Å²) >= 11 is 0. The summed E-state index contributed by atoms with van der Waals surface area (Å²) in [7, 11) is 3.38. The second-order valence-corrected chi connectivity index (χ2v) is 4.70. The molecule has 0 spiro atoms. The molecule has 2 aromatic carbocycles. The van der Waals surface area contributed by atoms with Crippen LogP contribution in [0.15, 0.2) is 48.5 Å². The number of carbonyl (C=O) groups is 1. The van der Waals surface area contributed by atoms with Crippen molar-refractivity contribution in [2.75, 3.05) is 14.2 Å². The lowest BCUT2D eigenvalue weighted by Crippen LogP contribution is -2.26. The number of ether oxygens (including phenoxy) is 1. The second kappa shape index (κ2) is 6.58. The Labute approximate surface area is 124 Å². The molecule has 0 aromatic heterocycles. The minimum absolute atomic E-state index is 0.0738. The van der Waals surface area contributed by atoms with E-state index in [9.17, 15) is 4.79 Å². The van der Waals surface area contributed by atoms with Gasteiger partial charge in [-0.25, -0.2) is 0 Å². The van der Waals surface area contributed by atoms with E-state index in [2.05, 4.69) is 0 Å². The maximum Gasteiger partial charge on any atom is 0.253 e. The van der Waals surface area contributed by atoms with Crippen molar-refractivity contribution < 1.29 is 9.53 Å². The first kappa shape index (κ1) is 14.6. The van der Waals surface area contributed by atoms with E-state index in [0.29, 0.717) is 17.7 Å². The van der Waals surface area contributed by atoms with Gasteiger partial charge in [0.05, 0.1) is 18.7 Å². The largest absolute Gasteiger partial charge is 0.497 e. The average Bonchev–Trinajstić information content (AvgIpc) is 2.55. The Hall–Kier alpha value is -2.80. The monoisotopic (exact) mass is 280 g/mol. The van der Waals surface area contributed by atoms with Crippen LogP contribution >= 0.6 is 0 Å². The molecule has 2 rings (SSSR count). The van der Waals surface area contributed by atoms with Gasteiger partial charge in [-0.15, -0.1) is 0 Å². The molecule has 0 N–H and O–H groups in total. The molecule has 0 saturated carbocycles. The minimum atomic E-state index is -0.0738. The van der Waals surface area contributed by atoms with Crippen LogP contribution in [0, 0.1) is 11.3 Å². The zero-order valence-electron chi connectivity index (χ0n) is 12.0. The van der Waals surface area contributed by atoms with Crippen LogP contribution < -0.4 is 4.74 Å². The molecular formula is C17H16N2O2. The fourth-order valence-electron chi connectivity index (χ4n) is 1.98. The first-order valence-electron chi connectivity index (χ1n) is 6.52. The van der Waals surface area contributed by atoms with Gasteiger partial charge in [0, 0.05) is 19.2 Å². The maximum atomic E-state index is 12.3. The first-order valence-corrected chi connectivity index (χ1v) is 6.52. The fourth-order valence-corrected chi connectivity index (χ4v) is 1.98. The molecule has 0 aliphatic carbocycles. The molecular weight excluding hydrogens is 264 g/mol. The number of hydrogen-bond donors (Lipinski definition) is 0. The van der Waals surface area contributed by atoms with Gasteiger partial charge in [0.1, 0.15) is 5.75 Å². The zero-order valence-corrected chi connectivity index (χ0v) is 12.0. The molecule has 0 fully saturated rings. The highest BCUT2D eigenvalue weighted by molar-refractivity contribution is 5.94. The summed E-state index contributed by atoms with van der Waals surface area (Å²) in [5.74, 6) is 0.718. The molecule has 0 saturated heterocycles. The van der Waals surface area contributed by atoms with Crippen molar-refractivity contribution >= 4 is 5.91 Å². The van der Waals surface area contributed by atoms with Crippen LogP contribution in [0.2, 0.25) is 0 Å². The molecule has 21 heavy (non-hydrogen) atoms. The van der Waals surface area contributed by atoms with Crippen molar-refractivity contribution in [1.29, 1.82) is 5.26 Å². The van der Waals surface area contributed by atoms with Gasteiger partial charge in [-0.1, -0.05) is 12.1 Å². The van der Waals surface area contributed by atoms with Gasteiger partial charge in [0.15, 0.2) is 0 Å².